The average Bonchev–Trinajstić information content (AvgIpc) is 3.32. The summed E-state index contributed by atoms with van der Waals surface area (Å²) in [5.74, 6) is -2.37. The minimum Gasteiger partial charge on any atom is -0.462 e. The van der Waals surface area contributed by atoms with Gasteiger partial charge in [-0.15, -0.1) is 5.10 Å². The van der Waals surface area contributed by atoms with E-state index >= 15 is 0 Å². The monoisotopic (exact) mass is 458 g/mol. The standard InChI is InChI=1S/C20H22N6O5S/c1-5-30-19(29)15-12(4)31-18(16(15)17(21)28)22-14(27)9-32-20-23-24-25-26(20)13-7-6-10(2)11(3)8-13/h6-8H,5,9H2,1-4H3,(H2,21,28)(H,22,27). The van der Waals surface area contributed by atoms with Gasteiger partial charge in [-0.1, -0.05) is 17.8 Å². The van der Waals surface area contributed by atoms with Crippen molar-refractivity contribution in [2.24, 2.45) is 5.73 Å². The molecule has 2 heterocycles. The number of rotatable bonds is 8. The number of thioether (sulfide) groups is 1. The highest BCUT2D eigenvalue weighted by Gasteiger charge is 2.29. The number of aryl methyl sites for hydroxylation is 3. The van der Waals surface area contributed by atoms with Crippen LogP contribution >= 0.6 is 11.8 Å². The molecule has 0 saturated carbocycles. The number of carbonyl (C=O) groups is 3. The Morgan fingerprint density at radius 1 is 1.19 bits per heavy atom. The summed E-state index contributed by atoms with van der Waals surface area (Å²) in [6, 6.07) is 5.78. The lowest BCUT2D eigenvalue weighted by molar-refractivity contribution is -0.113. The predicted molar refractivity (Wildman–Crippen MR) is 116 cm³/mol. The zero-order valence-electron chi connectivity index (χ0n) is 18.0. The molecule has 0 aliphatic heterocycles. The van der Waals surface area contributed by atoms with Crippen LogP contribution in [0.1, 0.15) is 44.5 Å². The van der Waals surface area contributed by atoms with Gasteiger partial charge in [0, 0.05) is 0 Å². The first-order valence-corrected chi connectivity index (χ1v) is 10.6. The average molecular weight is 459 g/mol. The van der Waals surface area contributed by atoms with Crippen LogP contribution in [0.4, 0.5) is 5.88 Å². The lowest BCUT2D eigenvalue weighted by Gasteiger charge is -2.07. The second-order valence-electron chi connectivity index (χ2n) is 6.80. The molecule has 1 aromatic carbocycles. The summed E-state index contributed by atoms with van der Waals surface area (Å²) in [6.07, 6.45) is 0. The summed E-state index contributed by atoms with van der Waals surface area (Å²) in [4.78, 5) is 36.6. The van der Waals surface area contributed by atoms with Crippen LogP contribution in [0.3, 0.4) is 0 Å². The first kappa shape index (κ1) is 23.0. The maximum atomic E-state index is 12.5. The van der Waals surface area contributed by atoms with E-state index in [1.165, 1.54) is 11.6 Å². The van der Waals surface area contributed by atoms with Crippen LogP contribution in [-0.2, 0) is 9.53 Å². The third-order valence-corrected chi connectivity index (χ3v) is 5.49. The van der Waals surface area contributed by atoms with E-state index in [1.807, 2.05) is 32.0 Å². The topological polar surface area (TPSA) is 155 Å². The maximum absolute atomic E-state index is 12.5. The van der Waals surface area contributed by atoms with E-state index < -0.39 is 17.8 Å². The lowest BCUT2D eigenvalue weighted by atomic mass is 10.1. The summed E-state index contributed by atoms with van der Waals surface area (Å²) >= 11 is 1.09. The van der Waals surface area contributed by atoms with Crippen LogP contribution in [0.5, 0.6) is 0 Å². The van der Waals surface area contributed by atoms with Gasteiger partial charge in [-0.25, -0.2) is 4.79 Å². The van der Waals surface area contributed by atoms with Crippen LogP contribution in [-0.4, -0.2) is 50.4 Å². The summed E-state index contributed by atoms with van der Waals surface area (Å²) in [6.45, 7) is 7.19. The summed E-state index contributed by atoms with van der Waals surface area (Å²) < 4.78 is 11.9. The molecule has 0 saturated heterocycles. The number of carbonyl (C=O) groups excluding carboxylic acids is 3. The molecule has 2 aromatic heterocycles. The SMILES string of the molecule is CCOC(=O)c1c(C)oc(NC(=O)CSc2nnnn2-c2ccc(C)c(C)c2)c1C(N)=O. The molecule has 0 spiro atoms. The Hall–Kier alpha value is -3.67. The van der Waals surface area contributed by atoms with Crippen molar-refractivity contribution in [1.82, 2.24) is 20.2 Å². The highest BCUT2D eigenvalue weighted by Crippen LogP contribution is 2.28. The normalized spacial score (nSPS) is 10.8. The summed E-state index contributed by atoms with van der Waals surface area (Å²) in [5.41, 5.74) is 8.03. The van der Waals surface area contributed by atoms with Crippen LogP contribution in [0, 0.1) is 20.8 Å². The zero-order valence-corrected chi connectivity index (χ0v) is 18.8. The van der Waals surface area contributed by atoms with Crippen molar-refractivity contribution in [2.45, 2.75) is 32.9 Å². The van der Waals surface area contributed by atoms with Crippen molar-refractivity contribution >= 4 is 35.4 Å². The van der Waals surface area contributed by atoms with Crippen molar-refractivity contribution in [3.63, 3.8) is 0 Å². The molecule has 3 aromatic rings. The number of nitrogens with two attached hydrogens (primary N) is 1. The minimum absolute atomic E-state index is 0.0854. The Morgan fingerprint density at radius 2 is 1.94 bits per heavy atom. The van der Waals surface area contributed by atoms with Gasteiger partial charge >= 0.3 is 5.97 Å². The molecule has 0 aliphatic rings. The van der Waals surface area contributed by atoms with Gasteiger partial charge in [0.25, 0.3) is 5.91 Å². The Labute approximate surface area is 187 Å². The maximum Gasteiger partial charge on any atom is 0.342 e. The van der Waals surface area contributed by atoms with Gasteiger partial charge in [0.05, 0.1) is 18.0 Å². The lowest BCUT2D eigenvalue weighted by Crippen LogP contribution is -2.21. The van der Waals surface area contributed by atoms with Crippen LogP contribution in [0.15, 0.2) is 27.8 Å². The van der Waals surface area contributed by atoms with Gasteiger partial charge in [-0.05, 0) is 61.4 Å². The van der Waals surface area contributed by atoms with E-state index in [4.69, 9.17) is 14.9 Å². The van der Waals surface area contributed by atoms with Crippen molar-refractivity contribution in [3.8, 4) is 5.69 Å². The van der Waals surface area contributed by atoms with Gasteiger partial charge in [0.15, 0.2) is 0 Å². The molecule has 0 radical (unpaired) electrons. The molecule has 0 fully saturated rings. The van der Waals surface area contributed by atoms with Crippen molar-refractivity contribution in [1.29, 1.82) is 0 Å². The second kappa shape index (κ2) is 9.64. The van der Waals surface area contributed by atoms with Crippen LogP contribution < -0.4 is 11.1 Å². The largest absolute Gasteiger partial charge is 0.462 e. The number of primary amides is 1. The Bertz CT molecular complexity index is 1190. The number of furan rings is 1. The summed E-state index contributed by atoms with van der Waals surface area (Å²) in [5, 5.41) is 14.5. The number of nitrogens with one attached hydrogen (secondary N) is 1. The molecule has 3 N–H and O–H groups in total. The smallest absolute Gasteiger partial charge is 0.342 e. The van der Waals surface area contributed by atoms with Crippen molar-refractivity contribution in [3.05, 3.63) is 46.2 Å². The number of hydrogen-bond donors (Lipinski definition) is 2. The fourth-order valence-electron chi connectivity index (χ4n) is 2.90. The number of benzene rings is 1. The molecule has 2 amide bonds. The molecule has 0 aliphatic carbocycles. The quantitative estimate of drug-likeness (QED) is 0.381. The van der Waals surface area contributed by atoms with Crippen LogP contribution in [0.25, 0.3) is 5.69 Å². The molecule has 168 valence electrons. The van der Waals surface area contributed by atoms with E-state index in [0.29, 0.717) is 5.16 Å². The van der Waals surface area contributed by atoms with Gasteiger partial charge in [0.2, 0.25) is 16.9 Å². The number of tetrazole rings is 1. The number of esters is 1. The third kappa shape index (κ3) is 4.80. The molecule has 12 heteroatoms. The summed E-state index contributed by atoms with van der Waals surface area (Å²) in [7, 11) is 0. The van der Waals surface area contributed by atoms with E-state index in [1.54, 1.807) is 6.92 Å². The van der Waals surface area contributed by atoms with E-state index in [-0.39, 0.29) is 35.1 Å². The molecule has 3 rings (SSSR count). The fraction of sp³-hybridized carbons (Fsp3) is 0.300. The number of nitrogens with zero attached hydrogens (tertiary/aromatic N) is 4. The van der Waals surface area contributed by atoms with E-state index in [0.717, 1.165) is 28.6 Å². The zero-order chi connectivity index (χ0) is 23.4. The first-order chi connectivity index (χ1) is 15.2. The minimum atomic E-state index is -0.924. The number of aromatic nitrogens is 4. The Kier molecular flexibility index (Phi) is 6.93. The number of ether oxygens (including phenoxy) is 1. The highest BCUT2D eigenvalue weighted by atomic mass is 32.2. The third-order valence-electron chi connectivity index (χ3n) is 4.57. The molecule has 0 unspecified atom stereocenters. The highest BCUT2D eigenvalue weighted by molar-refractivity contribution is 7.99. The molecular weight excluding hydrogens is 436 g/mol. The van der Waals surface area contributed by atoms with E-state index in [9.17, 15) is 14.4 Å². The van der Waals surface area contributed by atoms with E-state index in [2.05, 4.69) is 20.8 Å². The van der Waals surface area contributed by atoms with Crippen LogP contribution in [0.2, 0.25) is 0 Å². The molecule has 0 atom stereocenters. The molecular formula is C20H22N6O5S. The first-order valence-electron chi connectivity index (χ1n) is 9.61. The number of amides is 2. The molecule has 32 heavy (non-hydrogen) atoms. The number of anilines is 1. The second-order valence-corrected chi connectivity index (χ2v) is 7.74. The Balaban J connectivity index is 1.75. The number of hydrogen-bond acceptors (Lipinski definition) is 9. The van der Waals surface area contributed by atoms with Gasteiger partial charge in [-0.3, -0.25) is 14.9 Å². The van der Waals surface area contributed by atoms with Gasteiger partial charge in [0.1, 0.15) is 16.9 Å². The molecule has 0 bridgehead atoms. The van der Waals surface area contributed by atoms with Gasteiger partial charge in [-0.2, -0.15) is 4.68 Å². The Morgan fingerprint density at radius 3 is 2.59 bits per heavy atom. The predicted octanol–water partition coefficient (Wildman–Crippen LogP) is 2.19. The fourth-order valence-corrected chi connectivity index (χ4v) is 3.59. The molecule has 11 nitrogen and oxygen atoms in total. The van der Waals surface area contributed by atoms with Crippen molar-refractivity contribution < 1.29 is 23.5 Å². The van der Waals surface area contributed by atoms with Gasteiger partial charge < -0.3 is 14.9 Å². The van der Waals surface area contributed by atoms with Crippen molar-refractivity contribution in [2.75, 3.05) is 17.7 Å².